The van der Waals surface area contributed by atoms with E-state index in [0.29, 0.717) is 29.3 Å². The fraction of sp³-hybridized carbons (Fsp3) is 0.381. The van der Waals surface area contributed by atoms with Crippen LogP contribution in [0.4, 0.5) is 17.5 Å². The van der Waals surface area contributed by atoms with Gasteiger partial charge in [-0.25, -0.2) is 19.9 Å². The summed E-state index contributed by atoms with van der Waals surface area (Å²) in [4.78, 5) is 31.4. The van der Waals surface area contributed by atoms with Crippen molar-refractivity contribution in [3.63, 3.8) is 0 Å². The fourth-order valence-corrected chi connectivity index (χ4v) is 3.62. The van der Waals surface area contributed by atoms with Crippen molar-refractivity contribution in [1.29, 1.82) is 0 Å². The van der Waals surface area contributed by atoms with E-state index >= 15 is 0 Å². The van der Waals surface area contributed by atoms with E-state index in [-0.39, 0.29) is 12.0 Å². The molecule has 1 aromatic carbocycles. The van der Waals surface area contributed by atoms with Gasteiger partial charge in [0.05, 0.1) is 19.9 Å². The Labute approximate surface area is 174 Å². The highest BCUT2D eigenvalue weighted by Gasteiger charge is 2.22. The molecule has 1 saturated heterocycles. The lowest BCUT2D eigenvalue weighted by Crippen LogP contribution is -2.44. The second kappa shape index (κ2) is 9.00. The molecule has 3 heterocycles. The van der Waals surface area contributed by atoms with Crippen LogP contribution < -0.4 is 10.6 Å². The lowest BCUT2D eigenvalue weighted by atomic mass is 10.1. The fourth-order valence-electron chi connectivity index (χ4n) is 3.62. The molecule has 1 atom stereocenters. The van der Waals surface area contributed by atoms with Crippen molar-refractivity contribution in [3.05, 3.63) is 42.4 Å². The molecule has 0 spiro atoms. The molecule has 9 heteroatoms. The lowest BCUT2D eigenvalue weighted by Gasteiger charge is -2.32. The van der Waals surface area contributed by atoms with Crippen molar-refractivity contribution in [1.82, 2.24) is 24.8 Å². The molecule has 1 unspecified atom stereocenters. The van der Waals surface area contributed by atoms with Crippen LogP contribution in [0.2, 0.25) is 0 Å². The predicted octanol–water partition coefficient (Wildman–Crippen LogP) is 2.52. The molecule has 1 aliphatic rings. The summed E-state index contributed by atoms with van der Waals surface area (Å²) in [5.41, 5.74) is 3.42. The number of esters is 1. The molecule has 4 rings (SSSR count). The van der Waals surface area contributed by atoms with Gasteiger partial charge < -0.3 is 15.4 Å². The number of ether oxygens (including phenoxy) is 1. The number of fused-ring (bicyclic) bond motifs is 1. The zero-order valence-electron chi connectivity index (χ0n) is 17.1. The summed E-state index contributed by atoms with van der Waals surface area (Å²) in [6.45, 7) is 3.95. The van der Waals surface area contributed by atoms with Crippen LogP contribution >= 0.6 is 0 Å². The molecule has 9 nitrogen and oxygen atoms in total. The number of anilines is 3. The van der Waals surface area contributed by atoms with E-state index in [4.69, 9.17) is 4.74 Å². The maximum atomic E-state index is 11.6. The van der Waals surface area contributed by atoms with Crippen LogP contribution in [0.15, 0.2) is 36.8 Å². The Balaban J connectivity index is 1.52. The Hall–Kier alpha value is -3.33. The van der Waals surface area contributed by atoms with Crippen LogP contribution in [-0.4, -0.2) is 63.6 Å². The Kier molecular flexibility index (Phi) is 5.99. The Bertz CT molecular complexity index is 1040. The number of hydrogen-bond donors (Lipinski definition) is 2. The number of nitrogens with one attached hydrogen (secondary N) is 2. The van der Waals surface area contributed by atoms with Crippen molar-refractivity contribution in [2.45, 2.75) is 25.8 Å². The van der Waals surface area contributed by atoms with Gasteiger partial charge in [-0.05, 0) is 44.0 Å². The van der Waals surface area contributed by atoms with Crippen LogP contribution in [0.25, 0.3) is 11.0 Å². The van der Waals surface area contributed by atoms with E-state index in [9.17, 15) is 4.79 Å². The smallest absolute Gasteiger partial charge is 0.319 e. The minimum atomic E-state index is -0.221. The molecule has 3 aromatic rings. The Morgan fingerprint density at radius 2 is 2.20 bits per heavy atom. The summed E-state index contributed by atoms with van der Waals surface area (Å²) < 4.78 is 4.78. The SMILES string of the molecule is COC(=O)CN1CCCC(Nc2ncc3ncnc(Nc4cccc(C)c4)c3n2)C1. The molecule has 156 valence electrons. The number of aromatic nitrogens is 4. The topological polar surface area (TPSA) is 105 Å². The first-order chi connectivity index (χ1) is 14.6. The monoisotopic (exact) mass is 407 g/mol. The summed E-state index contributed by atoms with van der Waals surface area (Å²) in [5, 5.41) is 6.72. The molecule has 0 aliphatic carbocycles. The number of nitrogens with zero attached hydrogens (tertiary/aromatic N) is 5. The minimum absolute atomic E-state index is 0.152. The third-order valence-corrected chi connectivity index (χ3v) is 5.08. The summed E-state index contributed by atoms with van der Waals surface area (Å²) >= 11 is 0. The number of likely N-dealkylation sites (tertiary alicyclic amines) is 1. The molecule has 1 fully saturated rings. The normalized spacial score (nSPS) is 16.9. The number of hydrogen-bond acceptors (Lipinski definition) is 9. The average Bonchev–Trinajstić information content (AvgIpc) is 2.74. The quantitative estimate of drug-likeness (QED) is 0.596. The zero-order valence-corrected chi connectivity index (χ0v) is 17.1. The van der Waals surface area contributed by atoms with E-state index in [1.165, 1.54) is 13.4 Å². The van der Waals surface area contributed by atoms with Crippen molar-refractivity contribution in [2.24, 2.45) is 0 Å². The Morgan fingerprint density at radius 1 is 1.30 bits per heavy atom. The Morgan fingerprint density at radius 3 is 3.03 bits per heavy atom. The third kappa shape index (κ3) is 4.80. The first kappa shape index (κ1) is 20.0. The van der Waals surface area contributed by atoms with E-state index in [1.54, 1.807) is 6.20 Å². The zero-order chi connectivity index (χ0) is 20.9. The van der Waals surface area contributed by atoms with Crippen molar-refractivity contribution in [3.8, 4) is 0 Å². The van der Waals surface area contributed by atoms with E-state index in [2.05, 4.69) is 35.5 Å². The first-order valence-corrected chi connectivity index (χ1v) is 9.98. The minimum Gasteiger partial charge on any atom is -0.468 e. The van der Waals surface area contributed by atoms with Gasteiger partial charge >= 0.3 is 5.97 Å². The molecular weight excluding hydrogens is 382 g/mol. The summed E-state index contributed by atoms with van der Waals surface area (Å²) in [6, 6.07) is 8.22. The van der Waals surface area contributed by atoms with Crippen molar-refractivity contribution >= 4 is 34.5 Å². The van der Waals surface area contributed by atoms with Crippen LogP contribution in [0, 0.1) is 6.92 Å². The van der Waals surface area contributed by atoms with Gasteiger partial charge in [-0.3, -0.25) is 9.69 Å². The number of piperidine rings is 1. The first-order valence-electron chi connectivity index (χ1n) is 9.98. The highest BCUT2D eigenvalue weighted by Crippen LogP contribution is 2.23. The van der Waals surface area contributed by atoms with E-state index in [1.807, 2.05) is 31.2 Å². The molecular formula is C21H25N7O2. The van der Waals surface area contributed by atoms with Gasteiger partial charge in [-0.2, -0.15) is 0 Å². The van der Waals surface area contributed by atoms with Gasteiger partial charge in [0.2, 0.25) is 5.95 Å². The standard InChI is InChI=1S/C21H25N7O2/c1-14-5-3-6-15(9-14)25-20-19-17(23-13-24-20)10-22-21(27-19)26-16-7-4-8-28(11-16)12-18(29)30-2/h3,5-6,9-10,13,16H,4,7-8,11-12H2,1-2H3,(H,22,26,27)(H,23,24,25). The van der Waals surface area contributed by atoms with Gasteiger partial charge in [-0.15, -0.1) is 0 Å². The highest BCUT2D eigenvalue weighted by atomic mass is 16.5. The second-order valence-corrected chi connectivity index (χ2v) is 7.44. The predicted molar refractivity (Wildman–Crippen MR) is 115 cm³/mol. The van der Waals surface area contributed by atoms with E-state index < -0.39 is 0 Å². The average molecular weight is 407 g/mol. The molecule has 30 heavy (non-hydrogen) atoms. The molecule has 0 radical (unpaired) electrons. The molecule has 0 saturated carbocycles. The van der Waals surface area contributed by atoms with Gasteiger partial charge in [0.25, 0.3) is 0 Å². The molecule has 1 aliphatic heterocycles. The molecule has 2 N–H and O–H groups in total. The third-order valence-electron chi connectivity index (χ3n) is 5.08. The molecule has 0 bridgehead atoms. The number of methoxy groups -OCH3 is 1. The van der Waals surface area contributed by atoms with Gasteiger partial charge in [0.15, 0.2) is 5.82 Å². The maximum Gasteiger partial charge on any atom is 0.319 e. The van der Waals surface area contributed by atoms with Gasteiger partial charge in [-0.1, -0.05) is 12.1 Å². The summed E-state index contributed by atoms with van der Waals surface area (Å²) in [5.74, 6) is 0.933. The number of carbonyl (C=O) groups is 1. The maximum absolute atomic E-state index is 11.6. The van der Waals surface area contributed by atoms with Crippen LogP contribution in [0.1, 0.15) is 18.4 Å². The highest BCUT2D eigenvalue weighted by molar-refractivity contribution is 5.87. The van der Waals surface area contributed by atoms with Gasteiger partial charge in [0.1, 0.15) is 17.4 Å². The van der Waals surface area contributed by atoms with Crippen molar-refractivity contribution in [2.75, 3.05) is 37.4 Å². The summed E-state index contributed by atoms with van der Waals surface area (Å²) in [7, 11) is 1.41. The number of rotatable bonds is 6. The molecule has 0 amide bonds. The largest absolute Gasteiger partial charge is 0.468 e. The number of benzene rings is 1. The van der Waals surface area contributed by atoms with Crippen LogP contribution in [-0.2, 0) is 9.53 Å². The van der Waals surface area contributed by atoms with Crippen LogP contribution in [0.3, 0.4) is 0 Å². The molecule has 2 aromatic heterocycles. The number of carbonyl (C=O) groups excluding carboxylic acids is 1. The summed E-state index contributed by atoms with van der Waals surface area (Å²) in [6.07, 6.45) is 5.18. The number of aryl methyl sites for hydroxylation is 1. The van der Waals surface area contributed by atoms with E-state index in [0.717, 1.165) is 37.2 Å². The van der Waals surface area contributed by atoms with Gasteiger partial charge in [0, 0.05) is 18.3 Å². The van der Waals surface area contributed by atoms with Crippen LogP contribution in [0.5, 0.6) is 0 Å². The lowest BCUT2D eigenvalue weighted by molar-refractivity contribution is -0.142. The second-order valence-electron chi connectivity index (χ2n) is 7.44. The van der Waals surface area contributed by atoms with Crippen molar-refractivity contribution < 1.29 is 9.53 Å².